The molecular weight excluding hydrogens is 966 g/mol. The van der Waals surface area contributed by atoms with Gasteiger partial charge in [-0.2, -0.15) is 0 Å². The summed E-state index contributed by atoms with van der Waals surface area (Å²) in [6.45, 7) is -0.195. The molecule has 0 amide bonds. The maximum absolute atomic E-state index is 2.80. The van der Waals surface area contributed by atoms with Crippen LogP contribution in [0.25, 0.3) is 155 Å². The second-order valence-electron chi connectivity index (χ2n) is 22.6. The van der Waals surface area contributed by atoms with Crippen molar-refractivity contribution in [1.29, 1.82) is 0 Å². The van der Waals surface area contributed by atoms with E-state index in [2.05, 4.69) is 273 Å². The normalized spacial score (nSPS) is 13.2. The van der Waals surface area contributed by atoms with Crippen molar-refractivity contribution in [3.05, 3.63) is 255 Å². The number of rotatable bonds is 4. The zero-order chi connectivity index (χ0) is 51.6. The van der Waals surface area contributed by atoms with Gasteiger partial charge in [0.05, 0.1) is 33.1 Å². The van der Waals surface area contributed by atoms with Crippen molar-refractivity contribution >= 4 is 112 Å². The Morgan fingerprint density at radius 3 is 0.988 bits per heavy atom. The van der Waals surface area contributed by atoms with Gasteiger partial charge in [0, 0.05) is 65.9 Å². The number of aromatic nitrogens is 4. The maximum atomic E-state index is 2.80. The molecule has 0 spiro atoms. The lowest BCUT2D eigenvalue weighted by atomic mass is 9.45. The first-order valence-corrected chi connectivity index (χ1v) is 28.1. The van der Waals surface area contributed by atoms with Gasteiger partial charge < -0.3 is 18.1 Å². The molecule has 0 unspecified atom stereocenters. The number of benzene rings is 12. The molecular formula is C74H42B2N4. The standard InChI is InChI=1S/C74H42B2N4/c1-5-15-43(16-6-1)47-27-31-51-57-35-33-53-55-23-13-25-59-69(55)79(75-61-37-29-49(45-19-9-3-10-20-45)41-65(61)77(63(51)39-47)71(57)67(53)75)73-60-26-14-24-56-54-34-36-58-52-32-28-48(44-17-7-2-8-18-44)40-64(52)78-66-42-50(46-21-11-4-12-22-46)30-38-62(66)76(68(54)72(58)78)80(70(56)60)74(59)73/h1-42H. The van der Waals surface area contributed by atoms with Crippen LogP contribution in [0.1, 0.15) is 0 Å². The molecule has 12 aromatic carbocycles. The van der Waals surface area contributed by atoms with E-state index in [9.17, 15) is 0 Å². The molecule has 0 bridgehead atoms. The van der Waals surface area contributed by atoms with Gasteiger partial charge in [0.25, 0.3) is 0 Å². The number of hydrogen-bond donors (Lipinski definition) is 0. The third-order valence-corrected chi connectivity index (χ3v) is 18.9. The van der Waals surface area contributed by atoms with E-state index in [4.69, 9.17) is 0 Å². The van der Waals surface area contributed by atoms with E-state index < -0.39 is 0 Å². The van der Waals surface area contributed by atoms with E-state index in [0.717, 1.165) is 0 Å². The van der Waals surface area contributed by atoms with E-state index in [1.807, 2.05) is 0 Å². The molecule has 0 N–H and O–H groups in total. The maximum Gasteiger partial charge on any atom is 0.333 e. The largest absolute Gasteiger partial charge is 0.374 e. The second-order valence-corrected chi connectivity index (χ2v) is 22.6. The summed E-state index contributed by atoms with van der Waals surface area (Å²) >= 11 is 0. The summed E-state index contributed by atoms with van der Waals surface area (Å²) in [6, 6.07) is 96.5. The van der Waals surface area contributed by atoms with Crippen molar-refractivity contribution in [2.24, 2.45) is 0 Å². The Bertz CT molecular complexity index is 5130. The molecule has 6 heteroatoms. The van der Waals surface area contributed by atoms with Crippen LogP contribution >= 0.6 is 0 Å². The highest BCUT2D eigenvalue weighted by Crippen LogP contribution is 2.50. The van der Waals surface area contributed by atoms with Gasteiger partial charge in [-0.1, -0.05) is 231 Å². The molecule has 4 aliphatic heterocycles. The molecule has 4 aliphatic rings. The van der Waals surface area contributed by atoms with Crippen LogP contribution in [-0.2, 0) is 0 Å². The predicted molar refractivity (Wildman–Crippen MR) is 337 cm³/mol. The smallest absolute Gasteiger partial charge is 0.333 e. The minimum Gasteiger partial charge on any atom is -0.374 e. The minimum atomic E-state index is -0.0974. The quantitative estimate of drug-likeness (QED) is 0.157. The number of hydrogen-bond acceptors (Lipinski definition) is 0. The van der Waals surface area contributed by atoms with Crippen molar-refractivity contribution in [1.82, 2.24) is 18.1 Å². The van der Waals surface area contributed by atoms with Crippen LogP contribution in [-0.4, -0.2) is 31.8 Å². The highest BCUT2D eigenvalue weighted by atomic mass is 15.1. The van der Waals surface area contributed by atoms with E-state index in [1.165, 1.54) is 176 Å². The summed E-state index contributed by atoms with van der Waals surface area (Å²) in [7, 11) is 0. The zero-order valence-electron chi connectivity index (χ0n) is 43.2. The van der Waals surface area contributed by atoms with Gasteiger partial charge in [-0.15, -0.1) is 0 Å². The van der Waals surface area contributed by atoms with E-state index >= 15 is 0 Å². The molecule has 16 aromatic rings. The van der Waals surface area contributed by atoms with Crippen LogP contribution in [0.3, 0.4) is 0 Å². The minimum absolute atomic E-state index is 0.0974. The lowest BCUT2D eigenvalue weighted by molar-refractivity contribution is 1.18. The SMILES string of the molecule is c1ccc(-c2ccc3c(c2)-n2c4cc(-c5ccccc5)ccc4c4ccc5c(c42)B3n2c3c-5cccc3c3c2c2cccc4c2n3B2c3ccc(-c5ccccc5)cc3-n3c5cc(-c6ccccc6)ccc5c5ccc-4c2c53)cc1. The van der Waals surface area contributed by atoms with Crippen LogP contribution < -0.4 is 21.9 Å². The van der Waals surface area contributed by atoms with Crippen molar-refractivity contribution in [2.75, 3.05) is 0 Å². The van der Waals surface area contributed by atoms with Gasteiger partial charge >= 0.3 is 13.7 Å². The molecule has 20 rings (SSSR count). The highest BCUT2D eigenvalue weighted by molar-refractivity contribution is 6.92. The van der Waals surface area contributed by atoms with Crippen molar-refractivity contribution in [2.45, 2.75) is 0 Å². The van der Waals surface area contributed by atoms with Crippen LogP contribution in [0.5, 0.6) is 0 Å². The molecule has 80 heavy (non-hydrogen) atoms. The summed E-state index contributed by atoms with van der Waals surface area (Å²) < 4.78 is 10.9. The fraction of sp³-hybridized carbons (Fsp3) is 0. The monoisotopic (exact) mass is 1010 g/mol. The Hall–Kier alpha value is -10.3. The molecule has 0 fully saturated rings. The van der Waals surface area contributed by atoms with Crippen LogP contribution in [0.15, 0.2) is 255 Å². The van der Waals surface area contributed by atoms with Gasteiger partial charge in [0.1, 0.15) is 0 Å². The Balaban J connectivity index is 0.917. The Labute approximate surface area is 460 Å². The molecule has 8 heterocycles. The third-order valence-electron chi connectivity index (χ3n) is 18.9. The summed E-state index contributed by atoms with van der Waals surface area (Å²) in [6.07, 6.45) is 0. The topological polar surface area (TPSA) is 19.7 Å². The molecule has 0 saturated carbocycles. The average molecular weight is 1010 g/mol. The number of fused-ring (bicyclic) bond motifs is 21. The number of para-hydroxylation sites is 2. The second kappa shape index (κ2) is 14.8. The van der Waals surface area contributed by atoms with Crippen LogP contribution in [0.4, 0.5) is 0 Å². The van der Waals surface area contributed by atoms with Crippen LogP contribution in [0, 0.1) is 0 Å². The Morgan fingerprint density at radius 1 is 0.225 bits per heavy atom. The summed E-state index contributed by atoms with van der Waals surface area (Å²) in [4.78, 5) is 0. The summed E-state index contributed by atoms with van der Waals surface area (Å²) in [5.74, 6) is 0. The molecule has 0 radical (unpaired) electrons. The zero-order valence-corrected chi connectivity index (χ0v) is 43.2. The molecule has 4 nitrogen and oxygen atoms in total. The van der Waals surface area contributed by atoms with Gasteiger partial charge in [-0.05, 0) is 102 Å². The Kier molecular flexibility index (Phi) is 7.76. The Morgan fingerprint density at radius 2 is 0.588 bits per heavy atom. The van der Waals surface area contributed by atoms with Gasteiger partial charge in [-0.3, -0.25) is 0 Å². The first-order valence-electron chi connectivity index (χ1n) is 28.1. The van der Waals surface area contributed by atoms with Gasteiger partial charge in [-0.25, -0.2) is 0 Å². The van der Waals surface area contributed by atoms with E-state index in [1.54, 1.807) is 0 Å². The summed E-state index contributed by atoms with van der Waals surface area (Å²) in [5, 5.41) is 7.72. The van der Waals surface area contributed by atoms with E-state index in [0.29, 0.717) is 0 Å². The lowest BCUT2D eigenvalue weighted by Gasteiger charge is -2.34. The van der Waals surface area contributed by atoms with Gasteiger partial charge in [0.15, 0.2) is 0 Å². The third kappa shape index (κ3) is 5.07. The van der Waals surface area contributed by atoms with Gasteiger partial charge in [0.2, 0.25) is 0 Å². The molecule has 0 atom stereocenters. The number of nitrogens with zero attached hydrogens (tertiary/aromatic N) is 4. The fourth-order valence-electron chi connectivity index (χ4n) is 15.7. The molecule has 0 aliphatic carbocycles. The molecule has 0 saturated heterocycles. The molecule has 364 valence electrons. The first-order chi connectivity index (χ1) is 39.7. The highest BCUT2D eigenvalue weighted by Gasteiger charge is 2.46. The van der Waals surface area contributed by atoms with Crippen LogP contribution in [0.2, 0.25) is 0 Å². The fourth-order valence-corrected chi connectivity index (χ4v) is 15.7. The average Bonchev–Trinajstić information content (AvgIpc) is 3.52. The predicted octanol–water partition coefficient (Wildman–Crippen LogP) is 15.5. The van der Waals surface area contributed by atoms with E-state index in [-0.39, 0.29) is 13.7 Å². The molecule has 4 aromatic heterocycles. The summed E-state index contributed by atoms with van der Waals surface area (Å²) in [5.41, 5.74) is 33.1. The van der Waals surface area contributed by atoms with Crippen molar-refractivity contribution < 1.29 is 0 Å². The van der Waals surface area contributed by atoms with Crippen molar-refractivity contribution in [3.63, 3.8) is 0 Å². The lowest BCUT2D eigenvalue weighted by Crippen LogP contribution is -2.55. The first kappa shape index (κ1) is 41.8. The van der Waals surface area contributed by atoms with Crippen molar-refractivity contribution in [3.8, 4) is 78.1 Å².